The van der Waals surface area contributed by atoms with Gasteiger partial charge < -0.3 is 15.0 Å². The van der Waals surface area contributed by atoms with Crippen LogP contribution in [0.3, 0.4) is 0 Å². The van der Waals surface area contributed by atoms with Crippen LogP contribution in [0.15, 0.2) is 22.9 Å². The molecule has 0 saturated carbocycles. The van der Waals surface area contributed by atoms with E-state index in [4.69, 9.17) is 4.74 Å². The maximum absolute atomic E-state index is 12.9. The van der Waals surface area contributed by atoms with E-state index in [1.54, 1.807) is 22.3 Å². The predicted octanol–water partition coefficient (Wildman–Crippen LogP) is 1.90. The van der Waals surface area contributed by atoms with Crippen LogP contribution in [0.1, 0.15) is 30.3 Å². The second-order valence-corrected chi connectivity index (χ2v) is 6.74. The van der Waals surface area contributed by atoms with Crippen LogP contribution in [-0.2, 0) is 9.53 Å². The van der Waals surface area contributed by atoms with Gasteiger partial charge >= 0.3 is 0 Å². The number of carbonyl (C=O) groups excluding carboxylic acids is 2. The molecule has 0 bridgehead atoms. The summed E-state index contributed by atoms with van der Waals surface area (Å²) < 4.78 is 5.47. The molecule has 0 radical (unpaired) electrons. The Hall–Kier alpha value is -2.19. The zero-order valence-electron chi connectivity index (χ0n) is 14.2. The predicted molar refractivity (Wildman–Crippen MR) is 95.5 cm³/mol. The number of amides is 2. The Morgan fingerprint density at radius 1 is 1.52 bits per heavy atom. The van der Waals surface area contributed by atoms with E-state index < -0.39 is 0 Å². The van der Waals surface area contributed by atoms with Crippen LogP contribution in [0, 0.1) is 0 Å². The second-order valence-electron chi connectivity index (χ2n) is 5.96. The fraction of sp³-hybridized carbons (Fsp3) is 0.471. The smallest absolute Gasteiger partial charge is 0.272 e. The Bertz CT molecular complexity index is 713. The van der Waals surface area contributed by atoms with Crippen LogP contribution in [0.25, 0.3) is 11.3 Å². The number of nitrogens with one attached hydrogen (secondary N) is 2. The summed E-state index contributed by atoms with van der Waals surface area (Å²) in [5.74, 6) is -0.204. The first-order chi connectivity index (χ1) is 12.2. The molecule has 1 unspecified atom stereocenters. The van der Waals surface area contributed by atoms with Crippen LogP contribution in [0.2, 0.25) is 0 Å². The normalized spacial score (nSPS) is 17.5. The lowest BCUT2D eigenvalue weighted by molar-refractivity contribution is -0.123. The number of hydrogen-bond donors (Lipinski definition) is 2. The summed E-state index contributed by atoms with van der Waals surface area (Å²) in [7, 11) is 0. The number of nitrogens with zero attached hydrogens (tertiary/aromatic N) is 2. The molecule has 0 spiro atoms. The van der Waals surface area contributed by atoms with E-state index in [0.29, 0.717) is 32.0 Å². The van der Waals surface area contributed by atoms with Gasteiger partial charge in [-0.25, -0.2) is 0 Å². The molecule has 1 aliphatic heterocycles. The number of thiophene rings is 1. The molecule has 3 rings (SSSR count). The molecule has 0 aromatic carbocycles. The molecule has 1 saturated heterocycles. The molecule has 134 valence electrons. The molecule has 1 atom stereocenters. The topological polar surface area (TPSA) is 87.3 Å². The van der Waals surface area contributed by atoms with E-state index in [-0.39, 0.29) is 24.3 Å². The molecule has 2 amide bonds. The van der Waals surface area contributed by atoms with Crippen molar-refractivity contribution in [2.45, 2.75) is 25.8 Å². The Morgan fingerprint density at radius 3 is 3.16 bits per heavy atom. The first-order valence-electron chi connectivity index (χ1n) is 8.42. The van der Waals surface area contributed by atoms with Crippen molar-refractivity contribution >= 4 is 23.2 Å². The van der Waals surface area contributed by atoms with Crippen molar-refractivity contribution in [1.82, 2.24) is 20.4 Å². The molecule has 1 fully saturated rings. The Labute approximate surface area is 150 Å². The number of rotatable bonds is 6. The van der Waals surface area contributed by atoms with Crippen LogP contribution in [0.4, 0.5) is 0 Å². The van der Waals surface area contributed by atoms with Crippen molar-refractivity contribution < 1.29 is 14.3 Å². The Kier molecular flexibility index (Phi) is 5.83. The fourth-order valence-corrected chi connectivity index (χ4v) is 3.44. The summed E-state index contributed by atoms with van der Waals surface area (Å²) in [5.41, 5.74) is 2.16. The monoisotopic (exact) mass is 362 g/mol. The third-order valence-corrected chi connectivity index (χ3v) is 4.79. The SMILES string of the molecule is CCCNC(=O)CC1COCCN1C(=O)c1cc(-c2ccsc2)n[nH]1. The van der Waals surface area contributed by atoms with Gasteiger partial charge in [-0.05, 0) is 23.9 Å². The van der Waals surface area contributed by atoms with E-state index >= 15 is 0 Å². The van der Waals surface area contributed by atoms with Gasteiger partial charge in [0.25, 0.3) is 5.91 Å². The number of carbonyl (C=O) groups is 2. The number of hydrogen-bond acceptors (Lipinski definition) is 5. The van der Waals surface area contributed by atoms with Crippen molar-refractivity contribution in [1.29, 1.82) is 0 Å². The zero-order valence-corrected chi connectivity index (χ0v) is 15.0. The molecule has 3 heterocycles. The first-order valence-corrected chi connectivity index (χ1v) is 9.36. The number of morpholine rings is 1. The summed E-state index contributed by atoms with van der Waals surface area (Å²) in [6.45, 7) is 3.96. The second kappa shape index (κ2) is 8.26. The van der Waals surface area contributed by atoms with Gasteiger partial charge in [-0.15, -0.1) is 0 Å². The number of H-pyrrole nitrogens is 1. The molecule has 1 aliphatic rings. The van der Waals surface area contributed by atoms with E-state index in [1.165, 1.54) is 0 Å². The van der Waals surface area contributed by atoms with Gasteiger partial charge in [-0.1, -0.05) is 6.92 Å². The fourth-order valence-electron chi connectivity index (χ4n) is 2.79. The number of aromatic amines is 1. The first kappa shape index (κ1) is 17.6. The summed E-state index contributed by atoms with van der Waals surface area (Å²) >= 11 is 1.58. The highest BCUT2D eigenvalue weighted by Gasteiger charge is 2.30. The zero-order chi connectivity index (χ0) is 17.6. The molecule has 0 aliphatic carbocycles. The molecule has 2 aromatic heterocycles. The molecular weight excluding hydrogens is 340 g/mol. The molecule has 2 N–H and O–H groups in total. The molecule has 7 nitrogen and oxygen atoms in total. The minimum Gasteiger partial charge on any atom is -0.377 e. The van der Waals surface area contributed by atoms with Crippen molar-refractivity contribution in [2.24, 2.45) is 0 Å². The lowest BCUT2D eigenvalue weighted by Crippen LogP contribution is -2.50. The van der Waals surface area contributed by atoms with Crippen molar-refractivity contribution in [3.63, 3.8) is 0 Å². The van der Waals surface area contributed by atoms with E-state index in [1.807, 2.05) is 23.8 Å². The summed E-state index contributed by atoms with van der Waals surface area (Å²) in [6, 6.07) is 3.46. The standard InChI is InChI=1S/C17H22N4O3S/c1-2-4-18-16(22)8-13-10-24-6-5-21(13)17(23)15-9-14(19-20-15)12-3-7-25-11-12/h3,7,9,11,13H,2,4-6,8,10H2,1H3,(H,18,22)(H,19,20). The summed E-state index contributed by atoms with van der Waals surface area (Å²) in [4.78, 5) is 26.6. The lowest BCUT2D eigenvalue weighted by atomic mass is 10.1. The van der Waals surface area contributed by atoms with Crippen molar-refractivity contribution in [3.8, 4) is 11.3 Å². The lowest BCUT2D eigenvalue weighted by Gasteiger charge is -2.35. The van der Waals surface area contributed by atoms with Crippen LogP contribution >= 0.6 is 11.3 Å². The highest BCUT2D eigenvalue weighted by molar-refractivity contribution is 7.08. The van der Waals surface area contributed by atoms with Gasteiger partial charge in [-0.3, -0.25) is 14.7 Å². The molecule has 25 heavy (non-hydrogen) atoms. The highest BCUT2D eigenvalue weighted by Crippen LogP contribution is 2.22. The number of ether oxygens (including phenoxy) is 1. The van der Waals surface area contributed by atoms with Crippen LogP contribution < -0.4 is 5.32 Å². The highest BCUT2D eigenvalue weighted by atomic mass is 32.1. The van der Waals surface area contributed by atoms with Gasteiger partial charge in [-0.2, -0.15) is 16.4 Å². The molecular formula is C17H22N4O3S. The quantitative estimate of drug-likeness (QED) is 0.822. The van der Waals surface area contributed by atoms with E-state index in [9.17, 15) is 9.59 Å². The third-order valence-electron chi connectivity index (χ3n) is 4.11. The van der Waals surface area contributed by atoms with Crippen molar-refractivity contribution in [3.05, 3.63) is 28.6 Å². The van der Waals surface area contributed by atoms with Gasteiger partial charge in [0.2, 0.25) is 5.91 Å². The summed E-state index contributed by atoms with van der Waals surface area (Å²) in [6.07, 6.45) is 1.13. The van der Waals surface area contributed by atoms with Gasteiger partial charge in [0.05, 0.1) is 24.9 Å². The average Bonchev–Trinajstić information content (AvgIpc) is 3.31. The maximum atomic E-state index is 12.9. The Balaban J connectivity index is 1.69. The van der Waals surface area contributed by atoms with E-state index in [0.717, 1.165) is 17.7 Å². The minimum atomic E-state index is -0.258. The maximum Gasteiger partial charge on any atom is 0.272 e. The van der Waals surface area contributed by atoms with Gasteiger partial charge in [0.1, 0.15) is 5.69 Å². The van der Waals surface area contributed by atoms with Crippen LogP contribution in [0.5, 0.6) is 0 Å². The average molecular weight is 362 g/mol. The molecule has 8 heteroatoms. The number of aromatic nitrogens is 2. The van der Waals surface area contributed by atoms with Crippen molar-refractivity contribution in [2.75, 3.05) is 26.3 Å². The van der Waals surface area contributed by atoms with Gasteiger partial charge in [0.15, 0.2) is 0 Å². The largest absolute Gasteiger partial charge is 0.377 e. The minimum absolute atomic E-state index is 0.0567. The third kappa shape index (κ3) is 4.26. The Morgan fingerprint density at radius 2 is 2.40 bits per heavy atom. The van der Waals surface area contributed by atoms with Crippen LogP contribution in [-0.4, -0.2) is 59.3 Å². The van der Waals surface area contributed by atoms with Gasteiger partial charge in [0, 0.05) is 30.5 Å². The van der Waals surface area contributed by atoms with E-state index in [2.05, 4.69) is 15.5 Å². The molecule has 2 aromatic rings. The summed E-state index contributed by atoms with van der Waals surface area (Å²) in [5, 5.41) is 13.9.